The van der Waals surface area contributed by atoms with E-state index in [9.17, 15) is 13.2 Å². The highest BCUT2D eigenvalue weighted by molar-refractivity contribution is 7.14. The van der Waals surface area contributed by atoms with Crippen molar-refractivity contribution < 1.29 is 22.6 Å². The monoisotopic (exact) mass is 422 g/mol. The Morgan fingerprint density at radius 1 is 1.21 bits per heavy atom. The summed E-state index contributed by atoms with van der Waals surface area (Å²) in [5, 5.41) is 6.32. The second-order valence-corrected chi connectivity index (χ2v) is 6.70. The number of alkyl halides is 3. The third kappa shape index (κ3) is 5.61. The van der Waals surface area contributed by atoms with Crippen molar-refractivity contribution in [2.45, 2.75) is 12.8 Å². The van der Waals surface area contributed by atoms with Crippen molar-refractivity contribution in [2.24, 2.45) is 5.10 Å². The molecule has 6 nitrogen and oxygen atoms in total. The fraction of sp³-hybridized carbons (Fsp3) is 0.158. The number of hydrogen-bond donors (Lipinski definition) is 2. The number of methoxy groups -OCH3 is 1. The van der Waals surface area contributed by atoms with Gasteiger partial charge in [-0.05, 0) is 41.5 Å². The smallest absolute Gasteiger partial charge is 0.416 e. The molecular formula is C19H17F3N4O2S. The van der Waals surface area contributed by atoms with Crippen molar-refractivity contribution in [3.05, 3.63) is 64.5 Å². The number of nitrogen functional groups attached to an aromatic ring is 1. The largest absolute Gasteiger partial charge is 0.493 e. The number of ether oxygens (including phenoxy) is 2. The lowest BCUT2D eigenvalue weighted by molar-refractivity contribution is -0.137. The summed E-state index contributed by atoms with van der Waals surface area (Å²) in [5.74, 6) is 1.25. The number of nitrogens with two attached hydrogens (primary N) is 1. The van der Waals surface area contributed by atoms with Crippen LogP contribution in [0.1, 0.15) is 16.7 Å². The number of benzene rings is 2. The van der Waals surface area contributed by atoms with Gasteiger partial charge in [-0.1, -0.05) is 12.1 Å². The third-order valence-corrected chi connectivity index (χ3v) is 4.50. The Balaban J connectivity index is 1.66. The van der Waals surface area contributed by atoms with Gasteiger partial charge in [-0.3, -0.25) is 5.43 Å². The highest BCUT2D eigenvalue weighted by atomic mass is 32.1. The summed E-state index contributed by atoms with van der Waals surface area (Å²) in [6.07, 6.45) is -2.83. The summed E-state index contributed by atoms with van der Waals surface area (Å²) >= 11 is 1.33. The molecule has 0 bridgehead atoms. The maximum absolute atomic E-state index is 12.8. The van der Waals surface area contributed by atoms with Crippen LogP contribution in [0, 0.1) is 0 Å². The minimum Gasteiger partial charge on any atom is -0.493 e. The zero-order valence-electron chi connectivity index (χ0n) is 15.2. The predicted octanol–water partition coefficient (Wildman–Crippen LogP) is 4.78. The first-order chi connectivity index (χ1) is 13.8. The van der Waals surface area contributed by atoms with Crippen molar-refractivity contribution >= 4 is 28.5 Å². The Morgan fingerprint density at radius 2 is 2.03 bits per heavy atom. The molecule has 29 heavy (non-hydrogen) atoms. The quantitative estimate of drug-likeness (QED) is 0.423. The molecule has 10 heteroatoms. The molecule has 3 aromatic rings. The average molecular weight is 422 g/mol. The molecule has 0 fully saturated rings. The highest BCUT2D eigenvalue weighted by Gasteiger charge is 2.30. The van der Waals surface area contributed by atoms with Gasteiger partial charge in [-0.15, -0.1) is 11.3 Å². The van der Waals surface area contributed by atoms with Crippen molar-refractivity contribution in [1.29, 1.82) is 0 Å². The maximum Gasteiger partial charge on any atom is 0.416 e. The van der Waals surface area contributed by atoms with Crippen molar-refractivity contribution in [3.63, 3.8) is 0 Å². The van der Waals surface area contributed by atoms with E-state index in [1.807, 2.05) is 0 Å². The first kappa shape index (κ1) is 20.5. The molecular weight excluding hydrogens is 405 g/mol. The van der Waals surface area contributed by atoms with E-state index in [-0.39, 0.29) is 6.61 Å². The number of aromatic nitrogens is 1. The van der Waals surface area contributed by atoms with E-state index in [0.717, 1.165) is 17.7 Å². The molecule has 2 aromatic carbocycles. The first-order valence-corrected chi connectivity index (χ1v) is 9.20. The van der Waals surface area contributed by atoms with Crippen LogP contribution in [0.3, 0.4) is 0 Å². The van der Waals surface area contributed by atoms with Crippen LogP contribution in [0.15, 0.2) is 52.9 Å². The van der Waals surface area contributed by atoms with Crippen LogP contribution in [-0.2, 0) is 12.8 Å². The van der Waals surface area contributed by atoms with E-state index < -0.39 is 11.7 Å². The minimum absolute atomic E-state index is 0.0270. The van der Waals surface area contributed by atoms with E-state index in [1.54, 1.807) is 35.9 Å². The summed E-state index contributed by atoms with van der Waals surface area (Å²) in [7, 11) is 1.48. The van der Waals surface area contributed by atoms with Gasteiger partial charge in [0, 0.05) is 5.38 Å². The molecule has 0 saturated carbocycles. The number of anilines is 2. The molecule has 3 N–H and O–H groups in total. The van der Waals surface area contributed by atoms with E-state index >= 15 is 0 Å². The summed E-state index contributed by atoms with van der Waals surface area (Å²) in [4.78, 5) is 4.02. The van der Waals surface area contributed by atoms with Crippen LogP contribution in [0.4, 0.5) is 24.1 Å². The molecule has 0 spiro atoms. The Bertz CT molecular complexity index is 1010. The molecule has 3 rings (SSSR count). The fourth-order valence-corrected chi connectivity index (χ4v) is 2.93. The van der Waals surface area contributed by atoms with E-state index in [2.05, 4.69) is 15.5 Å². The molecule has 1 aromatic heterocycles. The van der Waals surface area contributed by atoms with Gasteiger partial charge in [0.15, 0.2) is 11.5 Å². The van der Waals surface area contributed by atoms with Gasteiger partial charge in [0.25, 0.3) is 0 Å². The van der Waals surface area contributed by atoms with Crippen LogP contribution >= 0.6 is 11.3 Å². The molecule has 1 heterocycles. The topological polar surface area (TPSA) is 81.8 Å². The van der Waals surface area contributed by atoms with Gasteiger partial charge in [-0.25, -0.2) is 4.98 Å². The highest BCUT2D eigenvalue weighted by Crippen LogP contribution is 2.31. The summed E-state index contributed by atoms with van der Waals surface area (Å²) in [5.41, 5.74) is 8.71. The Hall–Kier alpha value is -3.27. The van der Waals surface area contributed by atoms with E-state index in [1.165, 1.54) is 24.5 Å². The SMILES string of the molecule is COc1cc(C=NNc2nc(N)cs2)ccc1OCc1cccc(C(F)(F)F)c1. The normalized spacial score (nSPS) is 11.6. The number of rotatable bonds is 7. The summed E-state index contributed by atoms with van der Waals surface area (Å²) in [6.45, 7) is -0.0270. The maximum atomic E-state index is 12.8. The fourth-order valence-electron chi connectivity index (χ4n) is 2.38. The zero-order chi connectivity index (χ0) is 20.9. The molecule has 0 amide bonds. The van der Waals surface area contributed by atoms with Crippen molar-refractivity contribution in [2.75, 3.05) is 18.3 Å². The number of thiazole rings is 1. The first-order valence-electron chi connectivity index (χ1n) is 8.32. The molecule has 152 valence electrons. The molecule has 0 saturated heterocycles. The summed E-state index contributed by atoms with van der Waals surface area (Å²) < 4.78 is 49.4. The van der Waals surface area contributed by atoms with E-state index in [4.69, 9.17) is 15.2 Å². The number of hydrazone groups is 1. The van der Waals surface area contributed by atoms with Gasteiger partial charge >= 0.3 is 6.18 Å². The average Bonchev–Trinajstić information content (AvgIpc) is 3.11. The van der Waals surface area contributed by atoms with Crippen LogP contribution in [0.2, 0.25) is 0 Å². The van der Waals surface area contributed by atoms with Crippen LogP contribution < -0.4 is 20.6 Å². The van der Waals surface area contributed by atoms with Gasteiger partial charge in [-0.2, -0.15) is 18.3 Å². The van der Waals surface area contributed by atoms with Crippen molar-refractivity contribution in [3.8, 4) is 11.5 Å². The van der Waals surface area contributed by atoms with Gasteiger partial charge < -0.3 is 15.2 Å². The molecule has 0 aliphatic carbocycles. The second-order valence-electron chi connectivity index (χ2n) is 5.84. The predicted molar refractivity (Wildman–Crippen MR) is 107 cm³/mol. The minimum atomic E-state index is -4.40. The Labute approximate surface area is 168 Å². The molecule has 0 aliphatic heterocycles. The third-order valence-electron chi connectivity index (χ3n) is 3.73. The van der Waals surface area contributed by atoms with Crippen LogP contribution in [-0.4, -0.2) is 18.3 Å². The zero-order valence-corrected chi connectivity index (χ0v) is 16.1. The summed E-state index contributed by atoms with van der Waals surface area (Å²) in [6, 6.07) is 10.1. The Morgan fingerprint density at radius 3 is 2.72 bits per heavy atom. The van der Waals surface area contributed by atoms with Crippen molar-refractivity contribution in [1.82, 2.24) is 4.98 Å². The van der Waals surface area contributed by atoms with E-state index in [0.29, 0.717) is 28.0 Å². The molecule has 0 aliphatic rings. The van der Waals surface area contributed by atoms with Gasteiger partial charge in [0.05, 0.1) is 18.9 Å². The standard InChI is InChI=1S/C19H17F3N4O2S/c1-27-16-8-12(9-24-26-18-25-17(23)11-29-18)5-6-15(16)28-10-13-3-2-4-14(7-13)19(20,21)22/h2-9,11H,10,23H2,1H3,(H,25,26). The molecule has 0 unspecified atom stereocenters. The number of nitrogens with one attached hydrogen (secondary N) is 1. The van der Waals surface area contributed by atoms with Gasteiger partial charge in [0.2, 0.25) is 5.13 Å². The van der Waals surface area contributed by atoms with Crippen LogP contribution in [0.5, 0.6) is 11.5 Å². The number of nitrogens with zero attached hydrogens (tertiary/aromatic N) is 2. The number of hydrogen-bond acceptors (Lipinski definition) is 7. The van der Waals surface area contributed by atoms with Gasteiger partial charge in [0.1, 0.15) is 12.4 Å². The second kappa shape index (κ2) is 8.82. The lowest BCUT2D eigenvalue weighted by atomic mass is 10.1. The molecule has 0 atom stereocenters. The van der Waals surface area contributed by atoms with Crippen LogP contribution in [0.25, 0.3) is 0 Å². The lowest BCUT2D eigenvalue weighted by Crippen LogP contribution is -2.06. The molecule has 0 radical (unpaired) electrons. The number of halogens is 3. The Kier molecular flexibility index (Phi) is 6.23. The lowest BCUT2D eigenvalue weighted by Gasteiger charge is -2.12.